The van der Waals surface area contributed by atoms with Crippen LogP contribution in [-0.4, -0.2) is 44.1 Å². The Bertz CT molecular complexity index is 534. The normalized spacial score (nSPS) is 28.4. The molecule has 0 heterocycles. The van der Waals surface area contributed by atoms with Gasteiger partial charge in [0.1, 0.15) is 0 Å². The number of unbranched alkanes of at least 4 members (excludes halogenated alkanes) is 11. The summed E-state index contributed by atoms with van der Waals surface area (Å²) in [5.74, 6) is 2.97. The molecule has 3 nitrogen and oxygen atoms in total. The number of quaternary nitrogens is 1. The maximum Gasteiger partial charge on any atom is 0.226 e. The smallest absolute Gasteiger partial charge is 0.226 e. The maximum atomic E-state index is 13.1. The summed E-state index contributed by atoms with van der Waals surface area (Å²) in [5, 5.41) is 3.38. The van der Waals surface area contributed by atoms with Crippen molar-refractivity contribution >= 4 is 5.91 Å². The van der Waals surface area contributed by atoms with Gasteiger partial charge in [-0.1, -0.05) is 71.1 Å². The van der Waals surface area contributed by atoms with Gasteiger partial charge in [0, 0.05) is 18.4 Å². The van der Waals surface area contributed by atoms with E-state index in [-0.39, 0.29) is 5.41 Å². The van der Waals surface area contributed by atoms with Gasteiger partial charge >= 0.3 is 0 Å². The van der Waals surface area contributed by atoms with E-state index < -0.39 is 0 Å². The predicted octanol–water partition coefficient (Wildman–Crippen LogP) is 7.49. The molecule has 1 amide bonds. The molecule has 0 radical (unpaired) electrons. The minimum atomic E-state index is 0.0220. The van der Waals surface area contributed by atoms with Crippen LogP contribution in [0.5, 0.6) is 0 Å². The Hall–Kier alpha value is -0.570. The second-order valence-electron chi connectivity index (χ2n) is 13.1. The number of nitrogens with zero attached hydrogens (tertiary/aromatic N) is 1. The van der Waals surface area contributed by atoms with Gasteiger partial charge in [0.05, 0.1) is 27.2 Å². The lowest BCUT2D eigenvalue weighted by Crippen LogP contribution is -2.54. The third kappa shape index (κ3) is 8.86. The number of nitrogens with one attached hydrogen (secondary N) is 1. The Morgan fingerprint density at radius 3 is 1.61 bits per heavy atom. The fraction of sp³-hybridized carbons (Fsp3) is 0.967. The lowest BCUT2D eigenvalue weighted by Gasteiger charge is -2.55. The van der Waals surface area contributed by atoms with Crippen LogP contribution in [0.2, 0.25) is 0 Å². The molecule has 0 spiro atoms. The standard InChI is InChI=1S/C30H56N2O/c1-4-5-6-7-8-9-10-11-12-13-14-15-18-32(2,3)19-16-17-31-29(33)30-23-26-20-27(24-30)22-28(21-26)25-30/h26-28H,4-25H2,1-3H3/p+1. The summed E-state index contributed by atoms with van der Waals surface area (Å²) in [7, 11) is 4.75. The van der Waals surface area contributed by atoms with Crippen molar-refractivity contribution in [2.75, 3.05) is 33.7 Å². The molecule has 3 heteroatoms. The molecular weight excluding hydrogens is 404 g/mol. The van der Waals surface area contributed by atoms with Crippen LogP contribution in [0.4, 0.5) is 0 Å². The number of rotatable bonds is 18. The van der Waals surface area contributed by atoms with Gasteiger partial charge < -0.3 is 9.80 Å². The van der Waals surface area contributed by atoms with E-state index in [1.807, 2.05) is 0 Å². The van der Waals surface area contributed by atoms with Gasteiger partial charge in [0.25, 0.3) is 0 Å². The molecule has 0 aliphatic heterocycles. The molecule has 192 valence electrons. The van der Waals surface area contributed by atoms with E-state index in [9.17, 15) is 4.79 Å². The zero-order chi connectivity index (χ0) is 23.6. The largest absolute Gasteiger partial charge is 0.355 e. The average Bonchev–Trinajstić information content (AvgIpc) is 2.76. The molecule has 0 aromatic carbocycles. The molecule has 4 fully saturated rings. The van der Waals surface area contributed by atoms with Gasteiger partial charge in [-0.05, 0) is 69.1 Å². The van der Waals surface area contributed by atoms with Crippen LogP contribution >= 0.6 is 0 Å². The van der Waals surface area contributed by atoms with Crippen LogP contribution in [-0.2, 0) is 4.79 Å². The fourth-order valence-corrected chi connectivity index (χ4v) is 7.78. The van der Waals surface area contributed by atoms with Crippen molar-refractivity contribution in [2.24, 2.45) is 23.2 Å². The third-order valence-corrected chi connectivity index (χ3v) is 9.36. The minimum Gasteiger partial charge on any atom is -0.355 e. The Labute approximate surface area is 206 Å². The first-order valence-electron chi connectivity index (χ1n) is 15.0. The second kappa shape index (κ2) is 13.5. The SMILES string of the molecule is CCCCCCCCCCCCCC[N+](C)(C)CCCNC(=O)C12CC3CC(CC(C3)C1)C2. The van der Waals surface area contributed by atoms with E-state index in [4.69, 9.17) is 0 Å². The van der Waals surface area contributed by atoms with Gasteiger partial charge in [-0.3, -0.25) is 4.79 Å². The number of carbonyl (C=O) groups excluding carboxylic acids is 1. The van der Waals surface area contributed by atoms with Crippen molar-refractivity contribution in [2.45, 2.75) is 129 Å². The van der Waals surface area contributed by atoms with E-state index in [2.05, 4.69) is 26.3 Å². The van der Waals surface area contributed by atoms with Gasteiger partial charge in [-0.15, -0.1) is 0 Å². The average molecular weight is 462 g/mol. The Morgan fingerprint density at radius 2 is 1.12 bits per heavy atom. The van der Waals surface area contributed by atoms with Gasteiger partial charge in [0.2, 0.25) is 5.91 Å². The molecule has 4 aliphatic carbocycles. The summed E-state index contributed by atoms with van der Waals surface area (Å²) in [4.78, 5) is 13.1. The van der Waals surface area contributed by atoms with Crippen LogP contribution in [0.3, 0.4) is 0 Å². The van der Waals surface area contributed by atoms with E-state index in [1.54, 1.807) is 0 Å². The Balaban J connectivity index is 1.16. The van der Waals surface area contributed by atoms with E-state index in [0.717, 1.165) is 35.2 Å². The van der Waals surface area contributed by atoms with Crippen molar-refractivity contribution in [3.8, 4) is 0 Å². The van der Waals surface area contributed by atoms with E-state index in [0.29, 0.717) is 5.91 Å². The molecular formula is C30H57N2O+. The summed E-state index contributed by atoms with van der Waals surface area (Å²) in [6.45, 7) is 5.63. The number of amides is 1. The highest BCUT2D eigenvalue weighted by Gasteiger charge is 2.54. The topological polar surface area (TPSA) is 29.1 Å². The predicted molar refractivity (Wildman–Crippen MR) is 141 cm³/mol. The Kier molecular flexibility index (Phi) is 11.1. The summed E-state index contributed by atoms with van der Waals surface area (Å²) in [6, 6.07) is 0. The minimum absolute atomic E-state index is 0.0220. The lowest BCUT2D eigenvalue weighted by molar-refractivity contribution is -0.890. The first kappa shape index (κ1) is 27.0. The summed E-state index contributed by atoms with van der Waals surface area (Å²) < 4.78 is 1.10. The molecule has 4 saturated carbocycles. The second-order valence-corrected chi connectivity index (χ2v) is 13.1. The van der Waals surface area contributed by atoms with Crippen LogP contribution in [0.1, 0.15) is 129 Å². The molecule has 0 saturated heterocycles. The van der Waals surface area contributed by atoms with Crippen molar-refractivity contribution < 1.29 is 9.28 Å². The Morgan fingerprint density at radius 1 is 0.697 bits per heavy atom. The van der Waals surface area contributed by atoms with Gasteiger partial charge in [0.15, 0.2) is 0 Å². The van der Waals surface area contributed by atoms with Crippen LogP contribution in [0, 0.1) is 23.2 Å². The molecule has 1 N–H and O–H groups in total. The molecule has 0 unspecified atom stereocenters. The lowest BCUT2D eigenvalue weighted by atomic mass is 9.49. The molecule has 4 bridgehead atoms. The van der Waals surface area contributed by atoms with Crippen LogP contribution < -0.4 is 5.32 Å². The monoisotopic (exact) mass is 461 g/mol. The molecule has 0 atom stereocenters. The zero-order valence-corrected chi connectivity index (χ0v) is 22.6. The molecule has 33 heavy (non-hydrogen) atoms. The summed E-state index contributed by atoms with van der Waals surface area (Å²) >= 11 is 0. The number of carbonyl (C=O) groups is 1. The van der Waals surface area contributed by atoms with Crippen LogP contribution in [0.25, 0.3) is 0 Å². The molecule has 0 aromatic rings. The van der Waals surface area contributed by atoms with E-state index >= 15 is 0 Å². The summed E-state index contributed by atoms with van der Waals surface area (Å²) in [5.41, 5.74) is 0.0220. The van der Waals surface area contributed by atoms with Gasteiger partial charge in [-0.25, -0.2) is 0 Å². The maximum absolute atomic E-state index is 13.1. The third-order valence-electron chi connectivity index (χ3n) is 9.36. The highest BCUT2D eigenvalue weighted by Crippen LogP contribution is 2.60. The molecule has 4 rings (SSSR count). The van der Waals surface area contributed by atoms with Crippen molar-refractivity contribution in [1.29, 1.82) is 0 Å². The number of hydrogen-bond acceptors (Lipinski definition) is 1. The quantitative estimate of drug-likeness (QED) is 0.166. The highest BCUT2D eigenvalue weighted by atomic mass is 16.2. The van der Waals surface area contributed by atoms with Crippen LogP contribution in [0.15, 0.2) is 0 Å². The van der Waals surface area contributed by atoms with Crippen molar-refractivity contribution in [1.82, 2.24) is 5.32 Å². The first-order valence-corrected chi connectivity index (χ1v) is 15.0. The fourth-order valence-electron chi connectivity index (χ4n) is 7.78. The molecule has 0 aromatic heterocycles. The van der Waals surface area contributed by atoms with E-state index in [1.165, 1.54) is 129 Å². The van der Waals surface area contributed by atoms with Crippen molar-refractivity contribution in [3.63, 3.8) is 0 Å². The zero-order valence-electron chi connectivity index (χ0n) is 22.6. The molecule has 4 aliphatic rings. The first-order chi connectivity index (χ1) is 15.9. The van der Waals surface area contributed by atoms with Gasteiger partial charge in [-0.2, -0.15) is 0 Å². The number of hydrogen-bond donors (Lipinski definition) is 1. The summed E-state index contributed by atoms with van der Waals surface area (Å²) in [6.07, 6.45) is 26.0. The highest BCUT2D eigenvalue weighted by molar-refractivity contribution is 5.83. The van der Waals surface area contributed by atoms with Crippen molar-refractivity contribution in [3.05, 3.63) is 0 Å².